The van der Waals surface area contributed by atoms with E-state index in [-0.39, 0.29) is 20.4 Å². The molecule has 2 aliphatic heterocycles. The normalized spacial score (nSPS) is 39.3. The van der Waals surface area contributed by atoms with Gasteiger partial charge in [0.05, 0.1) is 0 Å². The Labute approximate surface area is 76.0 Å². The van der Waals surface area contributed by atoms with Crippen molar-refractivity contribution in [1.82, 2.24) is 4.90 Å². The molecule has 0 spiro atoms. The molecule has 0 aromatic heterocycles. The molecule has 2 aliphatic rings. The molecule has 2 heterocycles. The summed E-state index contributed by atoms with van der Waals surface area (Å²) in [6.45, 7) is 2.41. The van der Waals surface area contributed by atoms with Gasteiger partial charge in [-0.05, 0) is 20.1 Å². The van der Waals surface area contributed by atoms with Crippen molar-refractivity contribution in [1.29, 1.82) is 0 Å². The molecular weight excluding hydrogens is 298 g/mol. The topological polar surface area (TPSA) is 17.3 Å². The number of likely N-dealkylation sites (tertiary alicyclic amines) is 1. The molecule has 3 heteroatoms. The monoisotopic (exact) mass is 312 g/mol. The van der Waals surface area contributed by atoms with Crippen LogP contribution in [0.15, 0.2) is 0 Å². The number of nitrogens with zero attached hydrogens (tertiary/aromatic N) is 2. The van der Waals surface area contributed by atoms with Crippen LogP contribution in [0, 0.1) is 0 Å². The van der Waals surface area contributed by atoms with Gasteiger partial charge in [0, 0.05) is 20.4 Å². The van der Waals surface area contributed by atoms with Gasteiger partial charge in [0.2, 0.25) is 0 Å². The minimum Gasteiger partial charge on any atom is -0.655 e. The Kier molecular flexibility index (Phi) is 2.88. The van der Waals surface area contributed by atoms with Crippen molar-refractivity contribution >= 4 is 0 Å². The van der Waals surface area contributed by atoms with Crippen LogP contribution in [0.2, 0.25) is 0 Å². The van der Waals surface area contributed by atoms with E-state index in [0.29, 0.717) is 12.1 Å². The first-order valence-electron chi connectivity index (χ1n) is 3.73. The Bertz CT molecular complexity index is 106. The van der Waals surface area contributed by atoms with Crippen molar-refractivity contribution in [3.05, 3.63) is 5.32 Å². The van der Waals surface area contributed by atoms with Crippen molar-refractivity contribution in [3.63, 3.8) is 0 Å². The Morgan fingerprint density at radius 3 is 2.20 bits per heavy atom. The Morgan fingerprint density at radius 1 is 1.20 bits per heavy atom. The van der Waals surface area contributed by atoms with Crippen molar-refractivity contribution in [2.75, 3.05) is 20.1 Å². The van der Waals surface area contributed by atoms with E-state index in [0.717, 1.165) is 0 Å². The largest absolute Gasteiger partial charge is 0.655 e. The SMILES string of the molecule is CN1CC2CCC(C1)[N-]2.[Re]. The van der Waals surface area contributed by atoms with Gasteiger partial charge >= 0.3 is 0 Å². The number of likely N-dealkylation sites (N-methyl/N-ethyl adjacent to an activating group) is 1. The molecule has 2 unspecified atom stereocenters. The molecule has 2 rings (SSSR count). The van der Waals surface area contributed by atoms with E-state index in [1.807, 2.05) is 0 Å². The van der Waals surface area contributed by atoms with Crippen LogP contribution >= 0.6 is 0 Å². The molecule has 0 saturated carbocycles. The van der Waals surface area contributed by atoms with E-state index in [9.17, 15) is 0 Å². The van der Waals surface area contributed by atoms with E-state index in [2.05, 4.69) is 17.3 Å². The fourth-order valence-corrected chi connectivity index (χ4v) is 1.90. The average Bonchev–Trinajstić information content (AvgIpc) is 2.11. The maximum Gasteiger partial charge on any atom is 0 e. The second kappa shape index (κ2) is 3.32. The number of hydrogen-bond acceptors (Lipinski definition) is 1. The Balaban J connectivity index is 0.000000500. The van der Waals surface area contributed by atoms with Gasteiger partial charge in [-0.2, -0.15) is 0 Å². The second-order valence-corrected chi connectivity index (χ2v) is 3.26. The van der Waals surface area contributed by atoms with Crippen LogP contribution < -0.4 is 0 Å². The molecule has 2 nitrogen and oxygen atoms in total. The molecule has 10 heavy (non-hydrogen) atoms. The molecule has 2 saturated heterocycles. The van der Waals surface area contributed by atoms with Crippen molar-refractivity contribution in [2.45, 2.75) is 24.9 Å². The molecule has 0 aromatic rings. The fourth-order valence-electron chi connectivity index (χ4n) is 1.90. The Hall–Kier alpha value is 0.582. The van der Waals surface area contributed by atoms with Gasteiger partial charge in [0.25, 0.3) is 0 Å². The predicted molar refractivity (Wildman–Crippen MR) is 37.7 cm³/mol. The first-order valence-corrected chi connectivity index (χ1v) is 3.73. The van der Waals surface area contributed by atoms with Crippen LogP contribution in [0.3, 0.4) is 0 Å². The van der Waals surface area contributed by atoms with E-state index < -0.39 is 0 Å². The third-order valence-electron chi connectivity index (χ3n) is 2.30. The van der Waals surface area contributed by atoms with E-state index >= 15 is 0 Å². The number of fused-ring (bicyclic) bond motifs is 2. The zero-order valence-corrected chi connectivity index (χ0v) is 8.97. The number of rotatable bonds is 0. The average molecular weight is 311 g/mol. The van der Waals surface area contributed by atoms with Crippen molar-refractivity contribution in [2.24, 2.45) is 0 Å². The quantitative estimate of drug-likeness (QED) is 0.648. The van der Waals surface area contributed by atoms with Crippen LogP contribution in [-0.2, 0) is 20.4 Å². The molecule has 2 atom stereocenters. The molecule has 0 amide bonds. The first-order chi connectivity index (χ1) is 4.34. The summed E-state index contributed by atoms with van der Waals surface area (Å²) in [5.41, 5.74) is 0. The van der Waals surface area contributed by atoms with Crippen molar-refractivity contribution < 1.29 is 20.4 Å². The summed E-state index contributed by atoms with van der Waals surface area (Å²) >= 11 is 0. The standard InChI is InChI=1S/C7H13N2.Re/c1-9-4-6-2-3-7(5-9)8-6;/h6-7H,2-5H2,1H3;/q-1;. The smallest absolute Gasteiger partial charge is 0 e. The molecular formula is C7H13N2Re-. The number of piperazine rings is 1. The van der Waals surface area contributed by atoms with Gasteiger partial charge in [-0.3, -0.25) is 0 Å². The zero-order valence-electron chi connectivity index (χ0n) is 6.26. The van der Waals surface area contributed by atoms with E-state index in [4.69, 9.17) is 0 Å². The maximum absolute atomic E-state index is 4.60. The summed E-state index contributed by atoms with van der Waals surface area (Å²) in [6.07, 6.45) is 2.68. The summed E-state index contributed by atoms with van der Waals surface area (Å²) in [4.78, 5) is 2.40. The number of hydrogen-bond donors (Lipinski definition) is 0. The third kappa shape index (κ3) is 1.60. The summed E-state index contributed by atoms with van der Waals surface area (Å²) in [5, 5.41) is 4.60. The molecule has 0 aromatic carbocycles. The second-order valence-electron chi connectivity index (χ2n) is 3.26. The van der Waals surface area contributed by atoms with E-state index in [1.54, 1.807) is 0 Å². The van der Waals surface area contributed by atoms with Gasteiger partial charge in [0.15, 0.2) is 0 Å². The fraction of sp³-hybridized carbons (Fsp3) is 1.00. The summed E-state index contributed by atoms with van der Waals surface area (Å²) in [6, 6.07) is 1.38. The predicted octanol–water partition coefficient (Wildman–Crippen LogP) is 0.834. The van der Waals surface area contributed by atoms with Crippen LogP contribution in [0.1, 0.15) is 12.8 Å². The van der Waals surface area contributed by atoms with E-state index in [1.165, 1.54) is 25.9 Å². The van der Waals surface area contributed by atoms with Crippen LogP contribution in [-0.4, -0.2) is 37.1 Å². The van der Waals surface area contributed by atoms with Crippen molar-refractivity contribution in [3.8, 4) is 0 Å². The summed E-state index contributed by atoms with van der Waals surface area (Å²) in [5.74, 6) is 0. The van der Waals surface area contributed by atoms with Gasteiger partial charge < -0.3 is 10.2 Å². The minimum atomic E-state index is 0. The third-order valence-corrected chi connectivity index (χ3v) is 2.30. The maximum atomic E-state index is 4.60. The first kappa shape index (κ1) is 8.68. The van der Waals surface area contributed by atoms with Crippen LogP contribution in [0.4, 0.5) is 0 Å². The van der Waals surface area contributed by atoms with Gasteiger partial charge in [-0.25, -0.2) is 0 Å². The zero-order chi connectivity index (χ0) is 6.27. The molecule has 2 bridgehead atoms. The van der Waals surface area contributed by atoms with Crippen LogP contribution in [0.5, 0.6) is 0 Å². The minimum absolute atomic E-state index is 0. The van der Waals surface area contributed by atoms with Gasteiger partial charge in [0.1, 0.15) is 0 Å². The van der Waals surface area contributed by atoms with Crippen LogP contribution in [0.25, 0.3) is 5.32 Å². The molecule has 2 fully saturated rings. The molecule has 1 radical (unpaired) electrons. The summed E-state index contributed by atoms with van der Waals surface area (Å²) < 4.78 is 0. The van der Waals surface area contributed by atoms with Gasteiger partial charge in [-0.1, -0.05) is 12.8 Å². The molecule has 0 aliphatic carbocycles. The summed E-state index contributed by atoms with van der Waals surface area (Å²) in [7, 11) is 2.19. The molecule has 0 N–H and O–H groups in total. The Morgan fingerprint density at radius 2 is 1.70 bits per heavy atom. The molecule has 59 valence electrons. The van der Waals surface area contributed by atoms with Gasteiger partial charge in [-0.15, -0.1) is 12.1 Å².